The highest BCUT2D eigenvalue weighted by Gasteiger charge is 2.43. The minimum atomic E-state index is -5.08. The Balaban J connectivity index is 0.000000333. The average Bonchev–Trinajstić information content (AvgIpc) is 3.58. The third kappa shape index (κ3) is 12.1. The number of hydrogen-bond donors (Lipinski definition) is 3. The molecule has 0 bridgehead atoms. The van der Waals surface area contributed by atoms with Gasteiger partial charge in [0.25, 0.3) is 0 Å². The molecule has 3 N–H and O–H groups in total. The van der Waals surface area contributed by atoms with E-state index in [1.807, 2.05) is 24.0 Å². The number of nitrogens with zero attached hydrogens (tertiary/aromatic N) is 5. The summed E-state index contributed by atoms with van der Waals surface area (Å²) in [6.45, 7) is 3.28. The van der Waals surface area contributed by atoms with Crippen LogP contribution in [0.5, 0.6) is 0 Å². The topological polar surface area (TPSA) is 157 Å². The summed E-state index contributed by atoms with van der Waals surface area (Å²) in [6.07, 6.45) is -8.98. The fraction of sp³-hybridized carbons (Fsp3) is 0.500. The smallest absolute Gasteiger partial charge is 0.475 e. The molecule has 0 radical (unpaired) electrons. The predicted molar refractivity (Wildman–Crippen MR) is 120 cm³/mol. The van der Waals surface area contributed by atoms with Gasteiger partial charge in [0.15, 0.2) is 0 Å². The van der Waals surface area contributed by atoms with Crippen LogP contribution < -0.4 is 4.90 Å². The quantitative estimate of drug-likeness (QED) is 0.426. The van der Waals surface area contributed by atoms with E-state index in [2.05, 4.69) is 31.0 Å². The number of aromatic nitrogens is 3. The Morgan fingerprint density at radius 3 is 1.73 bits per heavy atom. The Kier molecular flexibility index (Phi) is 12.7. The number of likely N-dealkylation sites (tertiary alicyclic amines) is 1. The zero-order chi connectivity index (χ0) is 31.6. The van der Waals surface area contributed by atoms with Crippen molar-refractivity contribution in [3.63, 3.8) is 0 Å². The van der Waals surface area contributed by atoms with Crippen molar-refractivity contribution in [1.82, 2.24) is 20.1 Å². The molecule has 2 fully saturated rings. The van der Waals surface area contributed by atoms with Crippen molar-refractivity contribution in [3.05, 3.63) is 35.6 Å². The zero-order valence-electron chi connectivity index (χ0n) is 20.2. The summed E-state index contributed by atoms with van der Waals surface area (Å²) in [5, 5.41) is 30.7. The highest BCUT2D eigenvalue weighted by atomic mass is 32.1. The van der Waals surface area contributed by atoms with Crippen LogP contribution in [0.3, 0.4) is 0 Å². The average molecular weight is 629 g/mol. The first kappa shape index (κ1) is 35.3. The summed E-state index contributed by atoms with van der Waals surface area (Å²) >= 11 is 1.65. The summed E-state index contributed by atoms with van der Waals surface area (Å²) in [5.41, 5.74) is 3.13. The molecule has 230 valence electrons. The van der Waals surface area contributed by atoms with Crippen LogP contribution >= 0.6 is 11.3 Å². The SMILES string of the molecule is O=C(O)C(F)(F)F.O=C(O)C(F)(F)F.O=C(O)C(F)(F)F.c1cncc(CN2CC[C@H]3[C@H]2CCN3c2nncs2)c1. The Bertz CT molecular complexity index is 1060. The monoisotopic (exact) mass is 629 g/mol. The molecule has 0 aliphatic carbocycles. The number of fused-ring (bicyclic) bond motifs is 1. The lowest BCUT2D eigenvalue weighted by atomic mass is 10.1. The molecule has 0 saturated carbocycles. The number of rotatable bonds is 3. The van der Waals surface area contributed by atoms with Gasteiger partial charge in [-0.1, -0.05) is 17.4 Å². The molecule has 0 unspecified atom stereocenters. The fourth-order valence-electron chi connectivity index (χ4n) is 3.53. The van der Waals surface area contributed by atoms with Gasteiger partial charge in [0, 0.05) is 44.1 Å². The lowest BCUT2D eigenvalue weighted by molar-refractivity contribution is -0.193. The number of alkyl halides is 9. The third-order valence-electron chi connectivity index (χ3n) is 5.12. The molecular formula is C20H20F9N5O6S. The molecule has 4 heterocycles. The zero-order valence-corrected chi connectivity index (χ0v) is 21.0. The second-order valence-electron chi connectivity index (χ2n) is 7.87. The van der Waals surface area contributed by atoms with Crippen LogP contribution in [0.15, 0.2) is 30.0 Å². The number of carbonyl (C=O) groups is 3. The molecule has 4 rings (SSSR count). The van der Waals surface area contributed by atoms with Gasteiger partial charge in [-0.25, -0.2) is 14.4 Å². The third-order valence-corrected chi connectivity index (χ3v) is 5.85. The van der Waals surface area contributed by atoms with E-state index in [-0.39, 0.29) is 0 Å². The van der Waals surface area contributed by atoms with Crippen LogP contribution in [0.4, 0.5) is 44.6 Å². The number of aliphatic carboxylic acids is 3. The number of pyridine rings is 1. The second-order valence-corrected chi connectivity index (χ2v) is 8.68. The first-order chi connectivity index (χ1) is 18.7. The van der Waals surface area contributed by atoms with E-state index < -0.39 is 36.4 Å². The minimum Gasteiger partial charge on any atom is -0.475 e. The van der Waals surface area contributed by atoms with E-state index >= 15 is 0 Å². The van der Waals surface area contributed by atoms with E-state index in [4.69, 9.17) is 29.7 Å². The minimum absolute atomic E-state index is 0.611. The fourth-order valence-corrected chi connectivity index (χ4v) is 4.17. The molecule has 2 aromatic heterocycles. The highest BCUT2D eigenvalue weighted by molar-refractivity contribution is 7.13. The Morgan fingerprint density at radius 2 is 1.34 bits per heavy atom. The molecule has 21 heteroatoms. The first-order valence-electron chi connectivity index (χ1n) is 10.8. The van der Waals surface area contributed by atoms with Gasteiger partial charge in [0.1, 0.15) is 5.51 Å². The van der Waals surface area contributed by atoms with E-state index in [1.165, 1.54) is 24.9 Å². The van der Waals surface area contributed by atoms with Crippen molar-refractivity contribution in [2.75, 3.05) is 18.0 Å². The molecule has 41 heavy (non-hydrogen) atoms. The van der Waals surface area contributed by atoms with E-state index in [0.717, 1.165) is 18.2 Å². The molecular weight excluding hydrogens is 609 g/mol. The number of carboxylic acid groups (broad SMARTS) is 3. The van der Waals surface area contributed by atoms with E-state index in [0.29, 0.717) is 12.1 Å². The van der Waals surface area contributed by atoms with Gasteiger partial charge in [-0.3, -0.25) is 9.88 Å². The molecule has 0 aromatic carbocycles. The maximum atomic E-state index is 10.6. The number of hydrogen-bond acceptors (Lipinski definition) is 9. The number of carboxylic acids is 3. The van der Waals surface area contributed by atoms with Crippen LogP contribution in [-0.4, -0.2) is 97.0 Å². The van der Waals surface area contributed by atoms with Crippen molar-refractivity contribution < 1.29 is 69.2 Å². The molecule has 0 spiro atoms. The second kappa shape index (κ2) is 14.8. The molecule has 2 aliphatic rings. The predicted octanol–water partition coefficient (Wildman–Crippen LogP) is 3.69. The summed E-state index contributed by atoms with van der Waals surface area (Å²) in [5.74, 6) is -8.27. The van der Waals surface area contributed by atoms with Gasteiger partial charge < -0.3 is 20.2 Å². The normalized spacial score (nSPS) is 18.5. The van der Waals surface area contributed by atoms with Gasteiger partial charge in [0.05, 0.1) is 0 Å². The van der Waals surface area contributed by atoms with Crippen molar-refractivity contribution in [1.29, 1.82) is 0 Å². The van der Waals surface area contributed by atoms with Crippen molar-refractivity contribution in [2.45, 2.75) is 50.0 Å². The number of halogens is 9. The number of anilines is 1. The van der Waals surface area contributed by atoms with Crippen LogP contribution in [0.25, 0.3) is 0 Å². The van der Waals surface area contributed by atoms with Crippen LogP contribution in [0, 0.1) is 0 Å². The van der Waals surface area contributed by atoms with E-state index in [1.54, 1.807) is 11.3 Å². The van der Waals surface area contributed by atoms with Crippen LogP contribution in [0.2, 0.25) is 0 Å². The van der Waals surface area contributed by atoms with Crippen molar-refractivity contribution >= 4 is 34.4 Å². The Morgan fingerprint density at radius 1 is 0.854 bits per heavy atom. The van der Waals surface area contributed by atoms with Crippen molar-refractivity contribution in [3.8, 4) is 0 Å². The van der Waals surface area contributed by atoms with Gasteiger partial charge in [-0.05, 0) is 24.5 Å². The Hall–Kier alpha value is -3.75. The molecule has 11 nitrogen and oxygen atoms in total. The molecule has 2 saturated heterocycles. The largest absolute Gasteiger partial charge is 0.490 e. The standard InChI is InChI=1S/C14H17N5S.3C2HF3O2/c1-2-11(8-15-5-1)9-18-6-3-13-12(18)4-7-19(13)14-17-16-10-20-14;3*3-2(4,5)1(6)7/h1-2,5,8,10,12-13H,3-4,6-7,9H2;3*(H,6,7)/t12-,13+;;;/m1.../s1. The lowest BCUT2D eigenvalue weighted by Gasteiger charge is -2.25. The lowest BCUT2D eigenvalue weighted by Crippen LogP contribution is -2.36. The summed E-state index contributed by atoms with van der Waals surface area (Å²) < 4.78 is 95.2. The Labute approximate surface area is 227 Å². The van der Waals surface area contributed by atoms with Crippen LogP contribution in [-0.2, 0) is 20.9 Å². The maximum Gasteiger partial charge on any atom is 0.490 e. The van der Waals surface area contributed by atoms with Crippen LogP contribution in [0.1, 0.15) is 18.4 Å². The first-order valence-corrected chi connectivity index (χ1v) is 11.7. The van der Waals surface area contributed by atoms with Gasteiger partial charge >= 0.3 is 36.4 Å². The molecule has 2 atom stereocenters. The maximum absolute atomic E-state index is 10.6. The molecule has 2 aliphatic heterocycles. The summed E-state index contributed by atoms with van der Waals surface area (Å²) in [4.78, 5) is 36.0. The molecule has 0 amide bonds. The van der Waals surface area contributed by atoms with E-state index in [9.17, 15) is 39.5 Å². The van der Waals surface area contributed by atoms with Crippen molar-refractivity contribution in [2.24, 2.45) is 0 Å². The van der Waals surface area contributed by atoms with Gasteiger partial charge in [-0.15, -0.1) is 10.2 Å². The van der Waals surface area contributed by atoms with Gasteiger partial charge in [0.2, 0.25) is 5.13 Å². The molecule has 2 aromatic rings. The van der Waals surface area contributed by atoms with Gasteiger partial charge in [-0.2, -0.15) is 39.5 Å². The summed E-state index contributed by atoms with van der Waals surface area (Å²) in [7, 11) is 0. The highest BCUT2D eigenvalue weighted by Crippen LogP contribution is 2.36. The summed E-state index contributed by atoms with van der Waals surface area (Å²) in [6, 6.07) is 5.45.